The van der Waals surface area contributed by atoms with Gasteiger partial charge in [0.05, 0.1) is 31.8 Å². The lowest BCUT2D eigenvalue weighted by molar-refractivity contribution is -0.885. The van der Waals surface area contributed by atoms with Gasteiger partial charge in [0.15, 0.2) is 0 Å². The fraction of sp³-hybridized carbons (Fsp3) is 0.500. The lowest BCUT2D eigenvalue weighted by atomic mass is 10.0. The number of piperidine rings is 1. The Balaban J connectivity index is 1.86. The Bertz CT molecular complexity index is 674. The zero-order valence-electron chi connectivity index (χ0n) is 13.1. The van der Waals surface area contributed by atoms with Gasteiger partial charge >= 0.3 is 0 Å². The van der Waals surface area contributed by atoms with Crippen LogP contribution < -0.4 is 10.0 Å². The van der Waals surface area contributed by atoms with Crippen LogP contribution in [0.2, 0.25) is 0 Å². The van der Waals surface area contributed by atoms with Gasteiger partial charge in [-0.15, -0.1) is 0 Å². The van der Waals surface area contributed by atoms with Crippen LogP contribution in [0.15, 0.2) is 24.4 Å². The van der Waals surface area contributed by atoms with E-state index in [0.717, 1.165) is 25.9 Å². The molecule has 1 fully saturated rings. The molecule has 0 aliphatic carbocycles. The molecule has 0 amide bonds. The standard InChI is InChI=1S/C16H22N4O2/c1-18-9-6-12(7-10-18)19(2)11-13-15(16(21)22)17-14-5-3-4-8-20(13)14/h3-5,8,12H,6-7,9-11H2,1-2H3,(H,21,22). The molecule has 3 heterocycles. The number of hydrogen-bond acceptors (Lipinski definition) is 4. The summed E-state index contributed by atoms with van der Waals surface area (Å²) in [5.74, 6) is -1.21. The fourth-order valence-corrected chi connectivity index (χ4v) is 3.26. The Morgan fingerprint density at radius 3 is 2.86 bits per heavy atom. The predicted octanol–water partition coefficient (Wildman–Crippen LogP) is -1.19. The van der Waals surface area contributed by atoms with Gasteiger partial charge in [-0.2, -0.15) is 0 Å². The molecule has 1 aliphatic heterocycles. The number of aromatic nitrogens is 2. The van der Waals surface area contributed by atoms with Crippen LogP contribution in [0.5, 0.6) is 0 Å². The minimum atomic E-state index is -1.21. The third-order valence-electron chi connectivity index (χ3n) is 4.65. The van der Waals surface area contributed by atoms with Crippen molar-refractivity contribution in [3.05, 3.63) is 35.8 Å². The van der Waals surface area contributed by atoms with Crippen molar-refractivity contribution >= 4 is 11.6 Å². The number of quaternary nitrogens is 1. The quantitative estimate of drug-likeness (QED) is 0.771. The Hall–Kier alpha value is -1.92. The molecule has 0 aromatic carbocycles. The number of rotatable bonds is 4. The molecule has 6 heteroatoms. The van der Waals surface area contributed by atoms with Crippen molar-refractivity contribution < 1.29 is 14.8 Å². The normalized spacial score (nSPS) is 22.3. The monoisotopic (exact) mass is 302 g/mol. The lowest BCUT2D eigenvalue weighted by Gasteiger charge is -2.33. The fourth-order valence-electron chi connectivity index (χ4n) is 3.26. The van der Waals surface area contributed by atoms with E-state index in [-0.39, 0.29) is 5.69 Å². The average Bonchev–Trinajstić information content (AvgIpc) is 2.87. The van der Waals surface area contributed by atoms with Crippen LogP contribution >= 0.6 is 0 Å². The first-order valence-corrected chi connectivity index (χ1v) is 7.75. The van der Waals surface area contributed by atoms with Gasteiger partial charge in [0.25, 0.3) is 0 Å². The Labute approximate surface area is 130 Å². The summed E-state index contributed by atoms with van der Waals surface area (Å²) in [6.45, 7) is 2.89. The summed E-state index contributed by atoms with van der Waals surface area (Å²) in [4.78, 5) is 19.4. The molecule has 6 nitrogen and oxygen atoms in total. The highest BCUT2D eigenvalue weighted by Crippen LogP contribution is 2.17. The molecule has 2 aromatic rings. The van der Waals surface area contributed by atoms with Crippen LogP contribution in [0.1, 0.15) is 29.0 Å². The number of pyridine rings is 1. The number of carbonyl (C=O) groups is 1. The molecule has 0 atom stereocenters. The Morgan fingerprint density at radius 1 is 1.45 bits per heavy atom. The lowest BCUT2D eigenvalue weighted by Crippen LogP contribution is -3.10. The van der Waals surface area contributed by atoms with Gasteiger partial charge in [-0.3, -0.25) is 4.90 Å². The summed E-state index contributed by atoms with van der Waals surface area (Å²) < 4.78 is 1.85. The molecule has 1 aliphatic rings. The third kappa shape index (κ3) is 2.84. The Morgan fingerprint density at radius 2 is 2.18 bits per heavy atom. The molecule has 1 N–H and O–H groups in total. The first-order valence-electron chi connectivity index (χ1n) is 7.75. The second-order valence-electron chi connectivity index (χ2n) is 6.23. The zero-order chi connectivity index (χ0) is 15.7. The molecule has 0 radical (unpaired) electrons. The number of likely N-dealkylation sites (tertiary alicyclic amines) is 1. The molecular weight excluding hydrogens is 280 g/mol. The second-order valence-corrected chi connectivity index (χ2v) is 6.23. The topological polar surface area (TPSA) is 65.1 Å². The van der Waals surface area contributed by atoms with Crippen molar-refractivity contribution in [2.45, 2.75) is 25.4 Å². The van der Waals surface area contributed by atoms with E-state index in [0.29, 0.717) is 23.9 Å². The number of carboxylic acid groups (broad SMARTS) is 1. The average molecular weight is 302 g/mol. The van der Waals surface area contributed by atoms with Crippen LogP contribution in [0.25, 0.3) is 5.65 Å². The number of imidazole rings is 1. The largest absolute Gasteiger partial charge is 0.543 e. The number of nitrogens with zero attached hydrogens (tertiary/aromatic N) is 3. The summed E-state index contributed by atoms with van der Waals surface area (Å²) >= 11 is 0. The molecular formula is C16H22N4O2. The molecule has 0 bridgehead atoms. The van der Waals surface area contributed by atoms with Gasteiger partial charge < -0.3 is 19.2 Å². The van der Waals surface area contributed by atoms with Crippen molar-refractivity contribution in [1.29, 1.82) is 0 Å². The van der Waals surface area contributed by atoms with Crippen LogP contribution in [0.4, 0.5) is 0 Å². The highest BCUT2D eigenvalue weighted by Gasteiger charge is 2.24. The van der Waals surface area contributed by atoms with Crippen molar-refractivity contribution in [3.8, 4) is 0 Å². The zero-order valence-corrected chi connectivity index (χ0v) is 13.1. The maximum atomic E-state index is 11.4. The van der Waals surface area contributed by atoms with E-state index in [9.17, 15) is 9.90 Å². The number of hydrogen-bond donors (Lipinski definition) is 1. The number of nitrogens with one attached hydrogen (secondary N) is 1. The molecule has 0 saturated carbocycles. The number of aromatic carboxylic acids is 1. The SMILES string of the molecule is CN(Cc1c(C(=O)[O-])nc2ccccn12)C1CC[NH+](C)CC1. The highest BCUT2D eigenvalue weighted by atomic mass is 16.4. The molecule has 118 valence electrons. The van der Waals surface area contributed by atoms with E-state index in [4.69, 9.17) is 0 Å². The van der Waals surface area contributed by atoms with Crippen molar-refractivity contribution in [2.75, 3.05) is 27.2 Å². The van der Waals surface area contributed by atoms with Gasteiger partial charge in [0.2, 0.25) is 0 Å². The van der Waals surface area contributed by atoms with Crippen LogP contribution in [-0.4, -0.2) is 53.5 Å². The second kappa shape index (κ2) is 6.06. The minimum Gasteiger partial charge on any atom is -0.543 e. The van der Waals surface area contributed by atoms with E-state index >= 15 is 0 Å². The van der Waals surface area contributed by atoms with E-state index in [2.05, 4.69) is 24.0 Å². The molecule has 2 aromatic heterocycles. The van der Waals surface area contributed by atoms with Gasteiger partial charge in [0, 0.05) is 31.6 Å². The molecule has 0 unspecified atom stereocenters. The third-order valence-corrected chi connectivity index (χ3v) is 4.65. The van der Waals surface area contributed by atoms with Gasteiger partial charge in [-0.25, -0.2) is 4.98 Å². The van der Waals surface area contributed by atoms with Crippen LogP contribution in [0.3, 0.4) is 0 Å². The van der Waals surface area contributed by atoms with Crippen molar-refractivity contribution in [3.63, 3.8) is 0 Å². The van der Waals surface area contributed by atoms with Gasteiger partial charge in [0.1, 0.15) is 11.3 Å². The Kier molecular flexibility index (Phi) is 4.13. The summed E-state index contributed by atoms with van der Waals surface area (Å²) in [5.41, 5.74) is 1.40. The maximum Gasteiger partial charge on any atom is 0.137 e. The molecule has 0 spiro atoms. The summed E-state index contributed by atoms with van der Waals surface area (Å²) in [7, 11) is 4.28. The minimum absolute atomic E-state index is 0.0524. The summed E-state index contributed by atoms with van der Waals surface area (Å²) in [6, 6.07) is 6.05. The van der Waals surface area contributed by atoms with Crippen molar-refractivity contribution in [1.82, 2.24) is 14.3 Å². The van der Waals surface area contributed by atoms with E-state index in [1.807, 2.05) is 28.8 Å². The van der Waals surface area contributed by atoms with Crippen molar-refractivity contribution in [2.24, 2.45) is 0 Å². The van der Waals surface area contributed by atoms with Crippen LogP contribution in [-0.2, 0) is 6.54 Å². The first-order chi connectivity index (χ1) is 10.6. The van der Waals surface area contributed by atoms with E-state index in [1.165, 1.54) is 0 Å². The molecule has 22 heavy (non-hydrogen) atoms. The number of carboxylic acids is 1. The number of fused-ring (bicyclic) bond motifs is 1. The van der Waals surface area contributed by atoms with E-state index in [1.54, 1.807) is 4.90 Å². The van der Waals surface area contributed by atoms with Crippen LogP contribution in [0, 0.1) is 0 Å². The summed E-state index contributed by atoms with van der Waals surface area (Å²) in [5, 5.41) is 11.4. The maximum absolute atomic E-state index is 11.4. The number of carbonyl (C=O) groups excluding carboxylic acids is 1. The van der Waals surface area contributed by atoms with E-state index < -0.39 is 5.97 Å². The summed E-state index contributed by atoms with van der Waals surface area (Å²) in [6.07, 6.45) is 4.14. The van der Waals surface area contributed by atoms with Gasteiger partial charge in [-0.05, 0) is 19.2 Å². The predicted molar refractivity (Wildman–Crippen MR) is 80.6 cm³/mol. The molecule has 1 saturated heterocycles. The molecule has 3 rings (SSSR count). The van der Waals surface area contributed by atoms with Gasteiger partial charge in [-0.1, -0.05) is 6.07 Å². The first kappa shape index (κ1) is 15.0. The smallest absolute Gasteiger partial charge is 0.137 e. The highest BCUT2D eigenvalue weighted by molar-refractivity contribution is 5.86.